The topological polar surface area (TPSA) is 27.7 Å². The molecule has 4 heteroatoms. The summed E-state index contributed by atoms with van der Waals surface area (Å²) in [4.78, 5) is 1.10. The van der Waals surface area contributed by atoms with Crippen LogP contribution in [-0.4, -0.2) is 20.3 Å². The molecule has 1 aromatic carbocycles. The first-order chi connectivity index (χ1) is 11.7. The highest BCUT2D eigenvalue weighted by molar-refractivity contribution is 7.20. The minimum atomic E-state index is 0.0188. The molecule has 0 fully saturated rings. The average Bonchev–Trinajstić information content (AvgIpc) is 3.04. The number of thiophene rings is 1. The van der Waals surface area contributed by atoms with Gasteiger partial charge in [0.25, 0.3) is 0 Å². The van der Waals surface area contributed by atoms with Crippen LogP contribution in [0.1, 0.15) is 46.4 Å². The van der Waals surface area contributed by atoms with Gasteiger partial charge < -0.3 is 14.2 Å². The van der Waals surface area contributed by atoms with E-state index in [1.54, 1.807) is 18.4 Å². The molecular weight excluding hydrogens is 332 g/mol. The Bertz CT molecular complexity index is 822. The number of hydrogen-bond acceptors (Lipinski definition) is 4. The summed E-state index contributed by atoms with van der Waals surface area (Å²) in [6.07, 6.45) is 0. The summed E-state index contributed by atoms with van der Waals surface area (Å²) >= 11 is 1.74. The molecule has 1 aromatic heterocycles. The highest BCUT2D eigenvalue weighted by Gasteiger charge is 2.42. The third-order valence-electron chi connectivity index (χ3n) is 4.58. The molecule has 0 spiro atoms. The fraction of sp³-hybridized carbons (Fsp3) is 0.524. The summed E-state index contributed by atoms with van der Waals surface area (Å²) in [6.45, 7) is 14.6. The van der Waals surface area contributed by atoms with Crippen molar-refractivity contribution in [2.75, 3.05) is 20.3 Å². The Morgan fingerprint density at radius 1 is 1.24 bits per heavy atom. The molecule has 0 amide bonds. The van der Waals surface area contributed by atoms with Crippen molar-refractivity contribution < 1.29 is 14.2 Å². The molecule has 2 aromatic rings. The molecular formula is C21H28O3S. The normalized spacial score (nSPS) is 17.1. The number of methoxy groups -OCH3 is 1. The Hall–Kier alpha value is -1.68. The summed E-state index contributed by atoms with van der Waals surface area (Å²) in [5, 5.41) is 1.09. The molecule has 0 radical (unpaired) electrons. The van der Waals surface area contributed by atoms with Crippen molar-refractivity contribution in [3.8, 4) is 11.5 Å². The average molecular weight is 361 g/mol. The summed E-state index contributed by atoms with van der Waals surface area (Å²) < 4.78 is 18.9. The first-order valence-electron chi connectivity index (χ1n) is 8.80. The molecule has 0 bridgehead atoms. The van der Waals surface area contributed by atoms with Crippen molar-refractivity contribution in [3.05, 3.63) is 28.6 Å². The molecule has 2 heterocycles. The van der Waals surface area contributed by atoms with Gasteiger partial charge in [-0.15, -0.1) is 11.3 Å². The molecule has 136 valence electrons. The predicted molar refractivity (Wildman–Crippen MR) is 106 cm³/mol. The molecule has 0 N–H and O–H groups in total. The quantitative estimate of drug-likeness (QED) is 0.657. The van der Waals surface area contributed by atoms with E-state index in [1.165, 1.54) is 10.3 Å². The van der Waals surface area contributed by atoms with Gasteiger partial charge >= 0.3 is 0 Å². The first-order valence-corrected chi connectivity index (χ1v) is 9.62. The van der Waals surface area contributed by atoms with Crippen LogP contribution < -0.4 is 9.47 Å². The fourth-order valence-electron chi connectivity index (χ4n) is 3.86. The molecule has 25 heavy (non-hydrogen) atoms. The van der Waals surface area contributed by atoms with Crippen LogP contribution in [0.4, 0.5) is 0 Å². The summed E-state index contributed by atoms with van der Waals surface area (Å²) in [5.74, 6) is 2.76. The van der Waals surface area contributed by atoms with Crippen LogP contribution in [0.2, 0.25) is 0 Å². The Morgan fingerprint density at radius 3 is 2.56 bits per heavy atom. The Kier molecular flexibility index (Phi) is 4.52. The summed E-state index contributed by atoms with van der Waals surface area (Å²) in [6, 6.07) is 6.15. The molecule has 0 unspecified atom stereocenters. The zero-order valence-electron chi connectivity index (χ0n) is 16.3. The largest absolute Gasteiger partial charge is 0.497 e. The summed E-state index contributed by atoms with van der Waals surface area (Å²) in [5.41, 5.74) is 1.41. The lowest BCUT2D eigenvalue weighted by atomic mass is 9.71. The van der Waals surface area contributed by atoms with E-state index >= 15 is 0 Å². The van der Waals surface area contributed by atoms with Crippen molar-refractivity contribution in [1.29, 1.82) is 0 Å². The zero-order valence-corrected chi connectivity index (χ0v) is 17.1. The fourth-order valence-corrected chi connectivity index (χ4v) is 4.99. The third-order valence-corrected chi connectivity index (χ3v) is 5.73. The third kappa shape index (κ3) is 3.12. The minimum Gasteiger partial charge on any atom is -0.497 e. The number of fused-ring (bicyclic) bond motifs is 1. The van der Waals surface area contributed by atoms with Crippen LogP contribution in [0.5, 0.6) is 11.5 Å². The van der Waals surface area contributed by atoms with Crippen LogP contribution in [0.15, 0.2) is 23.8 Å². The Balaban J connectivity index is 2.29. The zero-order chi connectivity index (χ0) is 18.4. The molecule has 0 atom stereocenters. The molecule has 1 aliphatic heterocycles. The Labute approximate surface area is 154 Å². The number of ether oxygens (including phenoxy) is 3. The van der Waals surface area contributed by atoms with Crippen LogP contribution in [0.3, 0.4) is 0 Å². The molecule has 3 nitrogen and oxygen atoms in total. The van der Waals surface area contributed by atoms with Gasteiger partial charge in [-0.3, -0.25) is 0 Å². The van der Waals surface area contributed by atoms with Gasteiger partial charge in [-0.25, -0.2) is 0 Å². The smallest absolute Gasteiger partial charge is 0.149 e. The molecule has 0 saturated heterocycles. The molecule has 0 aliphatic carbocycles. The lowest BCUT2D eigenvalue weighted by Crippen LogP contribution is -2.24. The SMILES string of the molecule is CCOc1c(C2=C(C(C)(C)C)C(C)(C)CO2)sc2ccc(OC)cc12. The van der Waals surface area contributed by atoms with E-state index in [0.717, 1.165) is 27.5 Å². The second kappa shape index (κ2) is 6.24. The predicted octanol–water partition coefficient (Wildman–Crippen LogP) is 6.12. The van der Waals surface area contributed by atoms with E-state index in [-0.39, 0.29) is 10.8 Å². The lowest BCUT2D eigenvalue weighted by molar-refractivity contribution is 0.213. The van der Waals surface area contributed by atoms with E-state index in [4.69, 9.17) is 14.2 Å². The van der Waals surface area contributed by atoms with Crippen molar-refractivity contribution in [3.63, 3.8) is 0 Å². The van der Waals surface area contributed by atoms with E-state index in [2.05, 4.69) is 46.8 Å². The first kappa shape index (κ1) is 18.1. The van der Waals surface area contributed by atoms with E-state index < -0.39 is 0 Å². The maximum absolute atomic E-state index is 6.25. The standard InChI is InChI=1S/C21H28O3S/c1-8-23-16-14-11-13(22-7)9-10-15(14)25-18(16)17-19(20(2,3)4)21(5,6)12-24-17/h9-11H,8,12H2,1-7H3. The second-order valence-corrected chi connectivity index (χ2v) is 9.23. The highest BCUT2D eigenvalue weighted by Crippen LogP contribution is 2.54. The Morgan fingerprint density at radius 2 is 1.96 bits per heavy atom. The number of benzene rings is 1. The van der Waals surface area contributed by atoms with E-state index in [0.29, 0.717) is 13.2 Å². The summed E-state index contributed by atoms with van der Waals surface area (Å²) in [7, 11) is 1.69. The van der Waals surface area contributed by atoms with Crippen molar-refractivity contribution >= 4 is 27.2 Å². The van der Waals surface area contributed by atoms with Crippen molar-refractivity contribution in [2.24, 2.45) is 10.8 Å². The number of rotatable bonds is 4. The van der Waals surface area contributed by atoms with E-state index in [9.17, 15) is 0 Å². The van der Waals surface area contributed by atoms with Gasteiger partial charge in [0.15, 0.2) is 0 Å². The van der Waals surface area contributed by atoms with Crippen molar-refractivity contribution in [1.82, 2.24) is 0 Å². The number of hydrogen-bond donors (Lipinski definition) is 0. The van der Waals surface area contributed by atoms with Crippen LogP contribution >= 0.6 is 11.3 Å². The maximum atomic E-state index is 6.25. The van der Waals surface area contributed by atoms with Gasteiger partial charge in [0.1, 0.15) is 22.1 Å². The second-order valence-electron chi connectivity index (χ2n) is 8.18. The van der Waals surface area contributed by atoms with Crippen LogP contribution in [0, 0.1) is 10.8 Å². The maximum Gasteiger partial charge on any atom is 0.149 e. The molecule has 0 saturated carbocycles. The molecule has 3 rings (SSSR count). The monoisotopic (exact) mass is 360 g/mol. The van der Waals surface area contributed by atoms with Crippen molar-refractivity contribution in [2.45, 2.75) is 41.5 Å². The van der Waals surface area contributed by atoms with Crippen LogP contribution in [-0.2, 0) is 4.74 Å². The van der Waals surface area contributed by atoms with Gasteiger partial charge in [0, 0.05) is 15.5 Å². The van der Waals surface area contributed by atoms with Crippen LogP contribution in [0.25, 0.3) is 15.8 Å². The van der Waals surface area contributed by atoms with Gasteiger partial charge in [-0.1, -0.05) is 34.6 Å². The van der Waals surface area contributed by atoms with Gasteiger partial charge in [0.05, 0.1) is 20.3 Å². The molecule has 1 aliphatic rings. The minimum absolute atomic E-state index is 0.0188. The van der Waals surface area contributed by atoms with E-state index in [1.807, 2.05) is 13.0 Å². The highest BCUT2D eigenvalue weighted by atomic mass is 32.1. The van der Waals surface area contributed by atoms with Gasteiger partial charge in [0.2, 0.25) is 0 Å². The van der Waals surface area contributed by atoms with Gasteiger partial charge in [-0.2, -0.15) is 0 Å². The lowest BCUT2D eigenvalue weighted by Gasteiger charge is -2.30. The van der Waals surface area contributed by atoms with Gasteiger partial charge in [-0.05, 0) is 36.1 Å².